The summed E-state index contributed by atoms with van der Waals surface area (Å²) in [5, 5.41) is 6.40. The first kappa shape index (κ1) is 13.9. The SMILES string of the molecule is CC(C(=O)NC1CCOc2ccc(Br)cc21)C1CNC1. The van der Waals surface area contributed by atoms with E-state index >= 15 is 0 Å². The summed E-state index contributed by atoms with van der Waals surface area (Å²) in [6, 6.07) is 6.01. The lowest BCUT2D eigenvalue weighted by molar-refractivity contribution is -0.127. The summed E-state index contributed by atoms with van der Waals surface area (Å²) in [6.45, 7) is 4.57. The van der Waals surface area contributed by atoms with E-state index in [1.54, 1.807) is 0 Å². The van der Waals surface area contributed by atoms with Gasteiger partial charge >= 0.3 is 0 Å². The molecule has 2 heterocycles. The van der Waals surface area contributed by atoms with E-state index in [0.29, 0.717) is 12.5 Å². The van der Waals surface area contributed by atoms with Crippen LogP contribution >= 0.6 is 15.9 Å². The number of carbonyl (C=O) groups excluding carboxylic acids is 1. The minimum Gasteiger partial charge on any atom is -0.493 e. The van der Waals surface area contributed by atoms with Gasteiger partial charge in [-0.3, -0.25) is 4.79 Å². The Hall–Kier alpha value is -1.07. The van der Waals surface area contributed by atoms with Crippen LogP contribution in [0, 0.1) is 11.8 Å². The van der Waals surface area contributed by atoms with Gasteiger partial charge in [0.25, 0.3) is 0 Å². The molecule has 0 saturated carbocycles. The van der Waals surface area contributed by atoms with Crippen LogP contribution in [0.2, 0.25) is 0 Å². The van der Waals surface area contributed by atoms with E-state index in [9.17, 15) is 4.79 Å². The molecule has 1 saturated heterocycles. The van der Waals surface area contributed by atoms with Gasteiger partial charge in [0.1, 0.15) is 5.75 Å². The van der Waals surface area contributed by atoms with Gasteiger partial charge < -0.3 is 15.4 Å². The summed E-state index contributed by atoms with van der Waals surface area (Å²) in [5.41, 5.74) is 1.07. The van der Waals surface area contributed by atoms with Crippen molar-refractivity contribution in [1.29, 1.82) is 0 Å². The van der Waals surface area contributed by atoms with E-state index in [-0.39, 0.29) is 17.9 Å². The number of halogens is 1. The fraction of sp³-hybridized carbons (Fsp3) is 0.533. The molecular formula is C15H19BrN2O2. The molecule has 2 aliphatic heterocycles. The lowest BCUT2D eigenvalue weighted by Gasteiger charge is -2.34. The third-order valence-electron chi connectivity index (χ3n) is 4.26. The highest BCUT2D eigenvalue weighted by molar-refractivity contribution is 9.10. The zero-order valence-electron chi connectivity index (χ0n) is 11.5. The van der Waals surface area contributed by atoms with Gasteiger partial charge in [-0.1, -0.05) is 22.9 Å². The highest BCUT2D eigenvalue weighted by Crippen LogP contribution is 2.34. The third kappa shape index (κ3) is 2.69. The van der Waals surface area contributed by atoms with Crippen molar-refractivity contribution in [1.82, 2.24) is 10.6 Å². The Labute approximate surface area is 127 Å². The van der Waals surface area contributed by atoms with Crippen LogP contribution in [0.5, 0.6) is 5.75 Å². The van der Waals surface area contributed by atoms with Crippen LogP contribution in [0.25, 0.3) is 0 Å². The second-order valence-corrected chi connectivity index (χ2v) is 6.50. The maximum absolute atomic E-state index is 12.3. The summed E-state index contributed by atoms with van der Waals surface area (Å²) in [4.78, 5) is 12.3. The number of benzene rings is 1. The second kappa shape index (κ2) is 5.74. The lowest BCUT2D eigenvalue weighted by atomic mass is 9.87. The van der Waals surface area contributed by atoms with Gasteiger partial charge in [-0.25, -0.2) is 0 Å². The number of hydrogen-bond donors (Lipinski definition) is 2. The Balaban J connectivity index is 1.72. The molecule has 0 aliphatic carbocycles. The van der Waals surface area contributed by atoms with Gasteiger partial charge in [-0.05, 0) is 37.2 Å². The highest BCUT2D eigenvalue weighted by atomic mass is 79.9. The van der Waals surface area contributed by atoms with E-state index in [2.05, 4.69) is 26.6 Å². The molecule has 2 aliphatic rings. The average molecular weight is 339 g/mol. The number of carbonyl (C=O) groups is 1. The van der Waals surface area contributed by atoms with Crippen molar-refractivity contribution in [2.45, 2.75) is 19.4 Å². The first-order valence-electron chi connectivity index (χ1n) is 7.08. The normalized spacial score (nSPS) is 23.2. The predicted octanol–water partition coefficient (Wildman–Crippen LogP) is 2.24. The van der Waals surface area contributed by atoms with Crippen molar-refractivity contribution in [2.24, 2.45) is 11.8 Å². The Kier molecular flexibility index (Phi) is 3.98. The fourth-order valence-corrected chi connectivity index (χ4v) is 3.08. The molecule has 2 unspecified atom stereocenters. The molecular weight excluding hydrogens is 320 g/mol. The Morgan fingerprint density at radius 3 is 3.00 bits per heavy atom. The summed E-state index contributed by atoms with van der Waals surface area (Å²) in [5.74, 6) is 1.56. The smallest absolute Gasteiger partial charge is 0.223 e. The fourth-order valence-electron chi connectivity index (χ4n) is 2.70. The molecule has 2 N–H and O–H groups in total. The summed E-state index contributed by atoms with van der Waals surface area (Å²) in [6.07, 6.45) is 0.824. The predicted molar refractivity (Wildman–Crippen MR) is 80.7 cm³/mol. The zero-order valence-corrected chi connectivity index (χ0v) is 13.1. The highest BCUT2D eigenvalue weighted by Gasteiger charge is 2.31. The van der Waals surface area contributed by atoms with Crippen molar-refractivity contribution >= 4 is 21.8 Å². The number of amides is 1. The van der Waals surface area contributed by atoms with Crippen molar-refractivity contribution < 1.29 is 9.53 Å². The minimum atomic E-state index is 0.0548. The number of hydrogen-bond acceptors (Lipinski definition) is 3. The van der Waals surface area contributed by atoms with Crippen LogP contribution in [0.15, 0.2) is 22.7 Å². The maximum Gasteiger partial charge on any atom is 0.223 e. The second-order valence-electron chi connectivity index (χ2n) is 5.59. The van der Waals surface area contributed by atoms with Crippen molar-refractivity contribution in [2.75, 3.05) is 19.7 Å². The lowest BCUT2D eigenvalue weighted by Crippen LogP contribution is -2.50. The standard InChI is InChI=1S/C15H19BrN2O2/c1-9(10-7-17-8-10)15(19)18-13-4-5-20-14-3-2-11(16)6-12(13)14/h2-3,6,9-10,13,17H,4-5,7-8H2,1H3,(H,18,19). The minimum absolute atomic E-state index is 0.0548. The maximum atomic E-state index is 12.3. The molecule has 108 valence electrons. The van der Waals surface area contributed by atoms with Gasteiger partial charge in [0, 0.05) is 22.4 Å². The van der Waals surface area contributed by atoms with Crippen LogP contribution in [0.3, 0.4) is 0 Å². The Bertz CT molecular complexity index is 517. The molecule has 1 amide bonds. The molecule has 5 heteroatoms. The molecule has 1 fully saturated rings. The number of fused-ring (bicyclic) bond motifs is 1. The molecule has 1 aromatic rings. The molecule has 20 heavy (non-hydrogen) atoms. The van der Waals surface area contributed by atoms with E-state index in [1.807, 2.05) is 25.1 Å². The molecule has 0 bridgehead atoms. The van der Waals surface area contributed by atoms with E-state index < -0.39 is 0 Å². The van der Waals surface area contributed by atoms with Crippen molar-refractivity contribution in [3.8, 4) is 5.75 Å². The Morgan fingerprint density at radius 2 is 2.30 bits per heavy atom. The van der Waals surface area contributed by atoms with Gasteiger partial charge in [-0.15, -0.1) is 0 Å². The molecule has 0 spiro atoms. The van der Waals surface area contributed by atoms with Crippen molar-refractivity contribution in [3.05, 3.63) is 28.2 Å². The average Bonchev–Trinajstić information content (AvgIpc) is 2.37. The molecule has 4 nitrogen and oxygen atoms in total. The summed E-state index contributed by atoms with van der Waals surface area (Å²) >= 11 is 3.48. The van der Waals surface area contributed by atoms with E-state index in [4.69, 9.17) is 4.74 Å². The molecule has 3 rings (SSSR count). The first-order chi connectivity index (χ1) is 9.65. The number of ether oxygens (including phenoxy) is 1. The van der Waals surface area contributed by atoms with Gasteiger partial charge in [-0.2, -0.15) is 0 Å². The third-order valence-corrected chi connectivity index (χ3v) is 4.75. The van der Waals surface area contributed by atoms with Crippen molar-refractivity contribution in [3.63, 3.8) is 0 Å². The van der Waals surface area contributed by atoms with Crippen LogP contribution < -0.4 is 15.4 Å². The van der Waals surface area contributed by atoms with Crippen LogP contribution in [-0.4, -0.2) is 25.6 Å². The summed E-state index contributed by atoms with van der Waals surface area (Å²) in [7, 11) is 0. The number of nitrogens with one attached hydrogen (secondary N) is 2. The van der Waals surface area contributed by atoms with E-state index in [1.165, 1.54) is 0 Å². The molecule has 2 atom stereocenters. The largest absolute Gasteiger partial charge is 0.493 e. The molecule has 0 radical (unpaired) electrons. The zero-order chi connectivity index (χ0) is 14.1. The monoisotopic (exact) mass is 338 g/mol. The molecule has 1 aromatic carbocycles. The van der Waals surface area contributed by atoms with Gasteiger partial charge in [0.05, 0.1) is 12.6 Å². The number of rotatable bonds is 3. The quantitative estimate of drug-likeness (QED) is 0.888. The van der Waals surface area contributed by atoms with E-state index in [0.717, 1.165) is 35.3 Å². The first-order valence-corrected chi connectivity index (χ1v) is 7.88. The van der Waals surface area contributed by atoms with Crippen LogP contribution in [0.1, 0.15) is 24.9 Å². The topological polar surface area (TPSA) is 50.4 Å². The molecule has 0 aromatic heterocycles. The van der Waals surface area contributed by atoms with Gasteiger partial charge in [0.15, 0.2) is 0 Å². The van der Waals surface area contributed by atoms with Gasteiger partial charge in [0.2, 0.25) is 5.91 Å². The summed E-state index contributed by atoms with van der Waals surface area (Å²) < 4.78 is 6.66. The van der Waals surface area contributed by atoms with Crippen LogP contribution in [0.4, 0.5) is 0 Å². The Morgan fingerprint density at radius 1 is 1.50 bits per heavy atom. The van der Waals surface area contributed by atoms with Crippen LogP contribution in [-0.2, 0) is 4.79 Å².